The fraction of sp³-hybridized carbons (Fsp3) is 0.276. The quantitative estimate of drug-likeness (QED) is 0.267. The molecule has 7 nitrogen and oxygen atoms in total. The first kappa shape index (κ1) is 29.2. The highest BCUT2D eigenvalue weighted by atomic mass is 19.4. The molecule has 3 N–H and O–H groups in total. The number of amides is 3. The zero-order valence-electron chi connectivity index (χ0n) is 21.8. The van der Waals surface area contributed by atoms with Gasteiger partial charge in [-0.1, -0.05) is 26.0 Å². The molecule has 0 saturated carbocycles. The Morgan fingerprint density at radius 1 is 0.744 bits per heavy atom. The number of rotatable bonds is 11. The van der Waals surface area contributed by atoms with Crippen molar-refractivity contribution < 1.29 is 27.6 Å². The van der Waals surface area contributed by atoms with Crippen molar-refractivity contribution in [2.24, 2.45) is 0 Å². The molecule has 0 atom stereocenters. The molecule has 39 heavy (non-hydrogen) atoms. The molecule has 10 heteroatoms. The smallest absolute Gasteiger partial charge is 0.376 e. The molecule has 0 aromatic heterocycles. The third-order valence-electron chi connectivity index (χ3n) is 5.72. The lowest BCUT2D eigenvalue weighted by Gasteiger charge is -2.21. The lowest BCUT2D eigenvalue weighted by molar-refractivity contribution is -0.137. The van der Waals surface area contributed by atoms with Crippen LogP contribution in [0.15, 0.2) is 72.8 Å². The number of alkyl halides is 3. The second-order valence-corrected chi connectivity index (χ2v) is 8.88. The van der Waals surface area contributed by atoms with Crippen molar-refractivity contribution in [3.05, 3.63) is 89.5 Å². The molecule has 0 aliphatic rings. The number of carbonyl (C=O) groups is 3. The fourth-order valence-corrected chi connectivity index (χ4v) is 3.87. The van der Waals surface area contributed by atoms with E-state index in [4.69, 9.17) is 0 Å². The van der Waals surface area contributed by atoms with Crippen molar-refractivity contribution in [2.45, 2.75) is 32.9 Å². The van der Waals surface area contributed by atoms with Crippen LogP contribution in [0, 0.1) is 0 Å². The summed E-state index contributed by atoms with van der Waals surface area (Å²) in [5.41, 5.74) is 0.889. The topological polar surface area (TPSA) is 90.5 Å². The highest BCUT2D eigenvalue weighted by molar-refractivity contribution is 6.05. The molecule has 0 heterocycles. The number of hydrogen-bond acceptors (Lipinski definition) is 4. The van der Waals surface area contributed by atoms with E-state index < -0.39 is 17.6 Å². The molecule has 0 fully saturated rings. The summed E-state index contributed by atoms with van der Waals surface area (Å²) in [6, 6.07) is 17.3. The van der Waals surface area contributed by atoms with Crippen LogP contribution >= 0.6 is 0 Å². The molecule has 3 aromatic rings. The third-order valence-corrected chi connectivity index (χ3v) is 5.72. The molecule has 206 valence electrons. The van der Waals surface area contributed by atoms with Gasteiger partial charge in [0.1, 0.15) is 0 Å². The van der Waals surface area contributed by atoms with E-state index in [1.54, 1.807) is 36.4 Å². The van der Waals surface area contributed by atoms with Gasteiger partial charge in [0.25, 0.3) is 11.8 Å². The van der Waals surface area contributed by atoms with Crippen LogP contribution in [0.25, 0.3) is 0 Å². The molecule has 0 spiro atoms. The van der Waals surface area contributed by atoms with Gasteiger partial charge in [-0.3, -0.25) is 14.4 Å². The number of benzene rings is 3. The number of nitrogens with one attached hydrogen (secondary N) is 3. The van der Waals surface area contributed by atoms with E-state index >= 15 is 0 Å². The summed E-state index contributed by atoms with van der Waals surface area (Å²) in [6.45, 7) is 5.38. The Morgan fingerprint density at radius 3 is 1.97 bits per heavy atom. The Kier molecular flexibility index (Phi) is 10.1. The van der Waals surface area contributed by atoms with Crippen LogP contribution < -0.4 is 16.0 Å². The summed E-state index contributed by atoms with van der Waals surface area (Å²) in [5, 5.41) is 8.11. The number of halogens is 3. The van der Waals surface area contributed by atoms with Gasteiger partial charge in [-0.15, -0.1) is 0 Å². The Labute approximate surface area is 225 Å². The highest BCUT2D eigenvalue weighted by Crippen LogP contribution is 2.30. The number of anilines is 3. The first-order valence-electron chi connectivity index (χ1n) is 12.6. The predicted octanol–water partition coefficient (Wildman–Crippen LogP) is 6.27. The molecule has 0 aliphatic carbocycles. The zero-order valence-corrected chi connectivity index (χ0v) is 21.8. The van der Waals surface area contributed by atoms with Gasteiger partial charge < -0.3 is 20.9 Å². The van der Waals surface area contributed by atoms with Crippen LogP contribution in [0.2, 0.25) is 0 Å². The van der Waals surface area contributed by atoms with Crippen LogP contribution in [0.3, 0.4) is 0 Å². The summed E-state index contributed by atoms with van der Waals surface area (Å²) in [6.07, 6.45) is -2.77. The normalized spacial score (nSPS) is 11.0. The van der Waals surface area contributed by atoms with Crippen LogP contribution in [0.4, 0.5) is 30.2 Å². The van der Waals surface area contributed by atoms with Crippen molar-refractivity contribution in [2.75, 3.05) is 35.6 Å². The van der Waals surface area contributed by atoms with Crippen LogP contribution in [-0.2, 0) is 11.0 Å². The van der Waals surface area contributed by atoms with Gasteiger partial charge in [0.2, 0.25) is 5.91 Å². The third kappa shape index (κ3) is 8.59. The monoisotopic (exact) mass is 540 g/mol. The van der Waals surface area contributed by atoms with E-state index in [-0.39, 0.29) is 29.6 Å². The van der Waals surface area contributed by atoms with E-state index in [0.717, 1.165) is 25.0 Å². The van der Waals surface area contributed by atoms with E-state index in [9.17, 15) is 27.6 Å². The minimum absolute atomic E-state index is 0.00428. The molecular weight excluding hydrogens is 509 g/mol. The van der Waals surface area contributed by atoms with Crippen LogP contribution in [0.1, 0.15) is 53.0 Å². The molecule has 0 saturated heterocycles. The summed E-state index contributed by atoms with van der Waals surface area (Å²) in [5.74, 6) is -1.02. The SMILES string of the molecule is CCCN(CCC)C(=O)c1ccc(NCC(=O)Nc2cccc(C(=O)Nc3cccc(C(F)(F)F)c3)c2)cc1. The van der Waals surface area contributed by atoms with Crippen molar-refractivity contribution in [3.8, 4) is 0 Å². The van der Waals surface area contributed by atoms with Gasteiger partial charge in [0.15, 0.2) is 0 Å². The first-order chi connectivity index (χ1) is 18.6. The maximum atomic E-state index is 12.9. The number of nitrogens with zero attached hydrogens (tertiary/aromatic N) is 1. The predicted molar refractivity (Wildman–Crippen MR) is 146 cm³/mol. The molecule has 3 amide bonds. The molecule has 0 unspecified atom stereocenters. The van der Waals surface area contributed by atoms with Crippen molar-refractivity contribution in [3.63, 3.8) is 0 Å². The Morgan fingerprint density at radius 2 is 1.36 bits per heavy atom. The number of carbonyl (C=O) groups excluding carboxylic acids is 3. The maximum absolute atomic E-state index is 12.9. The summed E-state index contributed by atoms with van der Waals surface area (Å²) in [4.78, 5) is 39.6. The maximum Gasteiger partial charge on any atom is 0.416 e. The summed E-state index contributed by atoms with van der Waals surface area (Å²) in [7, 11) is 0. The van der Waals surface area contributed by atoms with E-state index in [2.05, 4.69) is 16.0 Å². The largest absolute Gasteiger partial charge is 0.416 e. The second kappa shape index (κ2) is 13.5. The summed E-state index contributed by atoms with van der Waals surface area (Å²) >= 11 is 0. The molecule has 0 radical (unpaired) electrons. The number of hydrogen-bond donors (Lipinski definition) is 3. The van der Waals surface area contributed by atoms with Crippen molar-refractivity contribution in [1.82, 2.24) is 4.90 Å². The molecule has 3 rings (SSSR count). The van der Waals surface area contributed by atoms with Gasteiger partial charge >= 0.3 is 6.18 Å². The Bertz CT molecular complexity index is 1290. The Hall–Kier alpha value is -4.34. The van der Waals surface area contributed by atoms with Gasteiger partial charge in [0.05, 0.1) is 12.1 Å². The molecular formula is C29H31F3N4O3. The summed E-state index contributed by atoms with van der Waals surface area (Å²) < 4.78 is 38.8. The first-order valence-corrected chi connectivity index (χ1v) is 12.6. The highest BCUT2D eigenvalue weighted by Gasteiger charge is 2.30. The standard InChI is InChI=1S/C29H31F3N4O3/c1-3-15-36(16-4-2)28(39)20-11-13-23(14-12-20)33-19-26(37)34-24-9-5-7-21(17-24)27(38)35-25-10-6-8-22(18-25)29(30,31)32/h5-14,17-18,33H,3-4,15-16,19H2,1-2H3,(H,34,37)(H,35,38). The van der Waals surface area contributed by atoms with Gasteiger partial charge in [-0.2, -0.15) is 13.2 Å². The molecule has 3 aromatic carbocycles. The Balaban J connectivity index is 1.55. The molecule has 0 bridgehead atoms. The van der Waals surface area contributed by atoms with Crippen molar-refractivity contribution >= 4 is 34.8 Å². The van der Waals surface area contributed by atoms with Gasteiger partial charge in [0, 0.05) is 41.3 Å². The minimum atomic E-state index is -4.52. The van der Waals surface area contributed by atoms with Gasteiger partial charge in [-0.25, -0.2) is 0 Å². The fourth-order valence-electron chi connectivity index (χ4n) is 3.87. The second-order valence-electron chi connectivity index (χ2n) is 8.88. The van der Waals surface area contributed by atoms with Gasteiger partial charge in [-0.05, 0) is 73.5 Å². The van der Waals surface area contributed by atoms with E-state index in [1.807, 2.05) is 18.7 Å². The van der Waals surface area contributed by atoms with Crippen LogP contribution in [0.5, 0.6) is 0 Å². The minimum Gasteiger partial charge on any atom is -0.376 e. The van der Waals surface area contributed by atoms with E-state index in [1.165, 1.54) is 24.3 Å². The lowest BCUT2D eigenvalue weighted by atomic mass is 10.1. The van der Waals surface area contributed by atoms with Crippen molar-refractivity contribution in [1.29, 1.82) is 0 Å². The molecule has 0 aliphatic heterocycles. The zero-order chi connectivity index (χ0) is 28.4. The van der Waals surface area contributed by atoms with E-state index in [0.29, 0.717) is 30.0 Å². The average molecular weight is 541 g/mol. The van der Waals surface area contributed by atoms with Crippen LogP contribution in [-0.4, -0.2) is 42.3 Å². The lowest BCUT2D eigenvalue weighted by Crippen LogP contribution is -2.32. The average Bonchev–Trinajstić information content (AvgIpc) is 2.91.